The summed E-state index contributed by atoms with van der Waals surface area (Å²) in [5.41, 5.74) is 9.19. The molecule has 2 aliphatic rings. The molecule has 1 saturated heterocycles. The van der Waals surface area contributed by atoms with Crippen LogP contribution in [0.15, 0.2) is 71.0 Å². The lowest BCUT2D eigenvalue weighted by Crippen LogP contribution is -2.43. The first-order chi connectivity index (χ1) is 17.0. The maximum atomic E-state index is 13.7. The van der Waals surface area contributed by atoms with Gasteiger partial charge in [0.1, 0.15) is 11.6 Å². The van der Waals surface area contributed by atoms with E-state index in [1.54, 1.807) is 19.5 Å². The maximum Gasteiger partial charge on any atom is 0.362 e. The lowest BCUT2D eigenvalue weighted by molar-refractivity contribution is -0.353. The van der Waals surface area contributed by atoms with Crippen LogP contribution in [0.5, 0.6) is 0 Å². The molecule has 3 heterocycles. The summed E-state index contributed by atoms with van der Waals surface area (Å²) in [5, 5.41) is 0. The molecule has 0 saturated carbocycles. The minimum absolute atomic E-state index is 0.0193. The minimum atomic E-state index is -0.186. The van der Waals surface area contributed by atoms with Crippen LogP contribution in [0.2, 0.25) is 0 Å². The summed E-state index contributed by atoms with van der Waals surface area (Å²) in [7, 11) is 1.59. The van der Waals surface area contributed by atoms with Crippen molar-refractivity contribution in [2.24, 2.45) is 5.73 Å². The van der Waals surface area contributed by atoms with Gasteiger partial charge in [0, 0.05) is 37.3 Å². The third-order valence-corrected chi connectivity index (χ3v) is 6.86. The Hall–Kier alpha value is -3.65. The second-order valence-corrected chi connectivity index (χ2v) is 9.33. The van der Waals surface area contributed by atoms with E-state index in [0.717, 1.165) is 49.2 Å². The van der Waals surface area contributed by atoms with Crippen molar-refractivity contribution in [3.63, 3.8) is 0 Å². The molecule has 8 heteroatoms. The van der Waals surface area contributed by atoms with Crippen LogP contribution in [-0.4, -0.2) is 41.2 Å². The Kier molecular flexibility index (Phi) is 6.55. The summed E-state index contributed by atoms with van der Waals surface area (Å²) < 4.78 is 8.82. The van der Waals surface area contributed by atoms with Gasteiger partial charge in [-0.15, -0.1) is 0 Å². The highest BCUT2D eigenvalue weighted by Crippen LogP contribution is 2.26. The van der Waals surface area contributed by atoms with Gasteiger partial charge in [-0.1, -0.05) is 30.3 Å². The van der Waals surface area contributed by atoms with Crippen molar-refractivity contribution in [2.75, 3.05) is 25.1 Å². The fraction of sp³-hybridized carbons (Fsp3) is 0.370. The Morgan fingerprint density at radius 2 is 2.09 bits per heavy atom. The summed E-state index contributed by atoms with van der Waals surface area (Å²) in [4.78, 5) is 32.3. The average molecular weight is 475 g/mol. The van der Waals surface area contributed by atoms with Crippen LogP contribution >= 0.6 is 0 Å². The number of aromatic amines is 1. The average Bonchev–Trinajstić information content (AvgIpc) is 3.25. The smallest absolute Gasteiger partial charge is 0.362 e. The number of nitrogens with one attached hydrogen (secondary N) is 1. The number of anilines is 1. The Morgan fingerprint density at radius 3 is 2.86 bits per heavy atom. The van der Waals surface area contributed by atoms with Gasteiger partial charge in [0.25, 0.3) is 0 Å². The number of hydrogen-bond donors (Lipinski definition) is 1. The molecule has 0 unspecified atom stereocenters. The molecule has 182 valence electrons. The Balaban J connectivity index is 1.54. The van der Waals surface area contributed by atoms with Crippen LogP contribution in [0.25, 0.3) is 11.0 Å². The summed E-state index contributed by atoms with van der Waals surface area (Å²) in [6.45, 7) is 2.18. The highest BCUT2D eigenvalue weighted by atomic mass is 16.5. The summed E-state index contributed by atoms with van der Waals surface area (Å²) in [5.74, 6) is 1.59. The van der Waals surface area contributed by atoms with Crippen molar-refractivity contribution < 1.29 is 14.5 Å². The molecular weight excluding hydrogens is 442 g/mol. The molecule has 8 nitrogen and oxygen atoms in total. The number of H-pyrrole nitrogens is 1. The first-order valence-electron chi connectivity index (χ1n) is 12.2. The van der Waals surface area contributed by atoms with Gasteiger partial charge in [0.05, 0.1) is 7.11 Å². The SMILES string of the molecule is COC1=CCCC(C(=O)Cn2c[nH+]c3cc(N4CCC[C@H](N)C4)n(Cc4ccccc4)c3c2=O)=C1. The lowest BCUT2D eigenvalue weighted by atomic mass is 10.00. The predicted octanol–water partition coefficient (Wildman–Crippen LogP) is 2.41. The quantitative estimate of drug-likeness (QED) is 0.567. The number of allylic oxidation sites excluding steroid dienone is 3. The highest BCUT2D eigenvalue weighted by Gasteiger charge is 2.26. The highest BCUT2D eigenvalue weighted by molar-refractivity contribution is 5.96. The largest absolute Gasteiger partial charge is 0.497 e. The van der Waals surface area contributed by atoms with Crippen LogP contribution in [0.1, 0.15) is 31.2 Å². The molecule has 0 amide bonds. The molecule has 0 spiro atoms. The third kappa shape index (κ3) is 4.79. The van der Waals surface area contributed by atoms with Crippen LogP contribution in [0.3, 0.4) is 0 Å². The van der Waals surface area contributed by atoms with Gasteiger partial charge in [-0.25, -0.2) is 9.78 Å². The molecule has 0 radical (unpaired) electrons. The number of nitrogens with zero attached hydrogens (tertiary/aromatic N) is 3. The number of carbonyl (C=O) groups is 1. The van der Waals surface area contributed by atoms with Gasteiger partial charge in [0.2, 0.25) is 12.1 Å². The maximum absolute atomic E-state index is 13.7. The fourth-order valence-electron chi connectivity index (χ4n) is 5.03. The topological polar surface area (TPSA) is 96.6 Å². The number of nitrogens with two attached hydrogens (primary N) is 1. The first-order valence-corrected chi connectivity index (χ1v) is 12.2. The molecule has 1 aliphatic heterocycles. The van der Waals surface area contributed by atoms with Gasteiger partial charge < -0.3 is 19.9 Å². The molecule has 5 rings (SSSR count). The van der Waals surface area contributed by atoms with Crippen molar-refractivity contribution >= 4 is 22.6 Å². The Bertz CT molecular complexity index is 1350. The molecule has 3 N–H and O–H groups in total. The van der Waals surface area contributed by atoms with E-state index in [2.05, 4.69) is 26.6 Å². The van der Waals surface area contributed by atoms with E-state index < -0.39 is 0 Å². The van der Waals surface area contributed by atoms with Crippen LogP contribution < -0.4 is 21.2 Å². The van der Waals surface area contributed by atoms with Gasteiger partial charge in [-0.05, 0) is 43.4 Å². The number of benzene rings is 1. The van der Waals surface area contributed by atoms with E-state index in [1.165, 1.54) is 4.57 Å². The van der Waals surface area contributed by atoms with E-state index in [0.29, 0.717) is 29.8 Å². The van der Waals surface area contributed by atoms with E-state index in [4.69, 9.17) is 10.5 Å². The Morgan fingerprint density at radius 1 is 1.26 bits per heavy atom. The van der Waals surface area contributed by atoms with E-state index >= 15 is 0 Å². The standard InChI is InChI=1S/C27H31N5O3/c1-35-22-11-5-9-20(13-22)24(33)17-31-18-29-23-14-25(30-12-6-10-21(28)16-30)32(26(23)27(31)34)15-19-7-3-2-4-8-19/h2-4,7-8,11,13-14,18,21H,5-6,9-10,12,15-17,28H2,1H3/p+1/t21-/m0/s1. The number of Topliss-reactive ketones (excluding diaryl/α,β-unsaturated/α-hetero) is 1. The van der Waals surface area contributed by atoms with E-state index in [-0.39, 0.29) is 23.9 Å². The molecule has 0 bridgehead atoms. The number of rotatable bonds is 7. The minimum Gasteiger partial charge on any atom is -0.497 e. The summed E-state index contributed by atoms with van der Waals surface area (Å²) in [6.07, 6.45) is 8.77. The van der Waals surface area contributed by atoms with Gasteiger partial charge in [0.15, 0.2) is 17.6 Å². The molecular formula is C27H32N5O3+. The Labute approximate surface area is 204 Å². The van der Waals surface area contributed by atoms with Crippen molar-refractivity contribution in [3.8, 4) is 0 Å². The molecule has 1 fully saturated rings. The second kappa shape index (κ2) is 9.92. The first kappa shape index (κ1) is 23.1. The number of ketones is 1. The van der Waals surface area contributed by atoms with Gasteiger partial charge >= 0.3 is 5.56 Å². The predicted molar refractivity (Wildman–Crippen MR) is 135 cm³/mol. The zero-order valence-electron chi connectivity index (χ0n) is 20.1. The number of piperidine rings is 1. The molecule has 1 aromatic carbocycles. The van der Waals surface area contributed by atoms with Gasteiger partial charge in [-0.2, -0.15) is 4.57 Å². The number of ether oxygens (including phenoxy) is 1. The van der Waals surface area contributed by atoms with Crippen LogP contribution in [0.4, 0.5) is 5.82 Å². The summed E-state index contributed by atoms with van der Waals surface area (Å²) in [6, 6.07) is 12.2. The normalized spacial score (nSPS) is 18.3. The van der Waals surface area contributed by atoms with Crippen molar-refractivity contribution in [2.45, 2.75) is 44.8 Å². The number of hydrogen-bond acceptors (Lipinski definition) is 5. The molecule has 1 atom stereocenters. The van der Waals surface area contributed by atoms with Gasteiger partial charge in [-0.3, -0.25) is 4.79 Å². The van der Waals surface area contributed by atoms with E-state index in [1.807, 2.05) is 30.3 Å². The summed E-state index contributed by atoms with van der Waals surface area (Å²) >= 11 is 0. The lowest BCUT2D eigenvalue weighted by Gasteiger charge is -2.33. The molecule has 3 aromatic rings. The van der Waals surface area contributed by atoms with Crippen molar-refractivity contribution in [1.29, 1.82) is 0 Å². The number of fused-ring (bicyclic) bond motifs is 1. The molecule has 2 aromatic heterocycles. The zero-order chi connectivity index (χ0) is 24.4. The zero-order valence-corrected chi connectivity index (χ0v) is 20.1. The number of carbonyl (C=O) groups excluding carboxylic acids is 1. The monoisotopic (exact) mass is 474 g/mol. The molecule has 1 aliphatic carbocycles. The fourth-order valence-corrected chi connectivity index (χ4v) is 5.03. The second-order valence-electron chi connectivity index (χ2n) is 9.33. The molecule has 35 heavy (non-hydrogen) atoms. The third-order valence-electron chi connectivity index (χ3n) is 6.86. The van der Waals surface area contributed by atoms with Crippen LogP contribution in [0, 0.1) is 0 Å². The van der Waals surface area contributed by atoms with Crippen molar-refractivity contribution in [1.82, 2.24) is 9.13 Å². The number of methoxy groups -OCH3 is 1. The van der Waals surface area contributed by atoms with Crippen LogP contribution in [-0.2, 0) is 22.6 Å². The number of aromatic nitrogens is 3. The van der Waals surface area contributed by atoms with Crippen molar-refractivity contribution in [3.05, 3.63) is 82.1 Å². The van der Waals surface area contributed by atoms with E-state index in [9.17, 15) is 9.59 Å².